The van der Waals surface area contributed by atoms with Crippen molar-refractivity contribution in [1.82, 2.24) is 0 Å². The minimum absolute atomic E-state index is 0.0818. The van der Waals surface area contributed by atoms with Crippen molar-refractivity contribution in [2.45, 2.75) is 68.0 Å². The summed E-state index contributed by atoms with van der Waals surface area (Å²) in [5, 5.41) is 89.7. The number of aliphatic hydroxyl groups excluding tert-OH is 8. The number of aromatic hydroxyl groups is 1. The van der Waals surface area contributed by atoms with Crippen LogP contribution in [-0.2, 0) is 20.8 Å². The van der Waals surface area contributed by atoms with Crippen molar-refractivity contribution in [2.24, 2.45) is 0 Å². The van der Waals surface area contributed by atoms with E-state index in [-0.39, 0.29) is 16.9 Å². The topological polar surface area (TPSA) is 245 Å². The second-order valence-corrected chi connectivity index (χ2v) is 9.47. The molecule has 0 amide bonds. The zero-order valence-corrected chi connectivity index (χ0v) is 21.4. The first-order valence-corrected chi connectivity index (χ1v) is 12.6. The normalized spacial score (nSPS) is 33.7. The average Bonchev–Trinajstić information content (AvgIpc) is 2.97. The summed E-state index contributed by atoms with van der Waals surface area (Å²) in [6.45, 7) is -1.77. The molecule has 2 saturated heterocycles. The van der Waals surface area contributed by atoms with Gasteiger partial charge in [-0.3, -0.25) is 0 Å². The van der Waals surface area contributed by atoms with E-state index in [0.29, 0.717) is 0 Å². The number of carbonyl (C=O) groups is 1. The van der Waals surface area contributed by atoms with Crippen LogP contribution in [0, 0.1) is 0 Å². The van der Waals surface area contributed by atoms with E-state index in [2.05, 4.69) is 0 Å². The molecule has 41 heavy (non-hydrogen) atoms. The van der Waals surface area contributed by atoms with Crippen LogP contribution < -0.4 is 9.47 Å². The van der Waals surface area contributed by atoms with Gasteiger partial charge in [-0.2, -0.15) is 0 Å². The van der Waals surface area contributed by atoms with Crippen LogP contribution >= 0.6 is 0 Å². The summed E-state index contributed by atoms with van der Waals surface area (Å²) in [5.41, 5.74) is -0.0105. The Morgan fingerprint density at radius 3 is 1.85 bits per heavy atom. The maximum absolute atomic E-state index is 13.0. The molecule has 0 radical (unpaired) electrons. The minimum atomic E-state index is -1.80. The molecule has 0 bridgehead atoms. The molecule has 4 rings (SSSR count). The molecule has 0 aliphatic carbocycles. The van der Waals surface area contributed by atoms with Gasteiger partial charge in [-0.25, -0.2) is 4.79 Å². The molecule has 0 spiro atoms. The maximum atomic E-state index is 13.0. The summed E-state index contributed by atoms with van der Waals surface area (Å²) in [6, 6.07) is 9.92. The molecule has 2 fully saturated rings. The second-order valence-electron chi connectivity index (χ2n) is 9.47. The Balaban J connectivity index is 1.48. The first-order chi connectivity index (χ1) is 19.6. The Labute approximate surface area is 232 Å². The SMILES string of the molecule is O=C(OCc1ccccc1O[C@@H]1O[C@H](CO)[C@@H](O)[C@H](O)[C@H]1O)c1cccc(O)c1O[C@@H]1O[C@H](CO)[C@@H](O)[C@H](O)[C@H]1O. The van der Waals surface area contributed by atoms with Crippen molar-refractivity contribution in [3.63, 3.8) is 0 Å². The van der Waals surface area contributed by atoms with Crippen LogP contribution in [0.25, 0.3) is 0 Å². The highest BCUT2D eigenvalue weighted by molar-refractivity contribution is 5.93. The molecule has 15 heteroatoms. The highest BCUT2D eigenvalue weighted by atomic mass is 16.7. The Morgan fingerprint density at radius 1 is 0.707 bits per heavy atom. The van der Waals surface area contributed by atoms with Gasteiger partial charge in [0.2, 0.25) is 12.6 Å². The zero-order chi connectivity index (χ0) is 29.8. The Hall–Kier alpha value is -3.09. The van der Waals surface area contributed by atoms with Gasteiger partial charge < -0.3 is 69.6 Å². The van der Waals surface area contributed by atoms with Crippen molar-refractivity contribution in [2.75, 3.05) is 13.2 Å². The van der Waals surface area contributed by atoms with Gasteiger partial charge in [0.1, 0.15) is 66.8 Å². The highest BCUT2D eigenvalue weighted by Gasteiger charge is 2.46. The molecule has 226 valence electrons. The zero-order valence-electron chi connectivity index (χ0n) is 21.4. The lowest BCUT2D eigenvalue weighted by Gasteiger charge is -2.39. The van der Waals surface area contributed by atoms with Crippen LogP contribution in [0.1, 0.15) is 15.9 Å². The molecule has 2 aliphatic heterocycles. The monoisotopic (exact) mass is 584 g/mol. The maximum Gasteiger partial charge on any atom is 0.342 e. The average molecular weight is 585 g/mol. The predicted octanol–water partition coefficient (Wildman–Crippen LogP) is -2.89. The van der Waals surface area contributed by atoms with Crippen molar-refractivity contribution in [1.29, 1.82) is 0 Å². The van der Waals surface area contributed by atoms with E-state index >= 15 is 0 Å². The van der Waals surface area contributed by atoms with E-state index in [1.54, 1.807) is 12.1 Å². The first kappa shape index (κ1) is 30.9. The Kier molecular flexibility index (Phi) is 9.98. The van der Waals surface area contributed by atoms with Crippen molar-refractivity contribution < 1.29 is 74.4 Å². The number of carbonyl (C=O) groups excluding carboxylic acids is 1. The molecule has 9 N–H and O–H groups in total. The van der Waals surface area contributed by atoms with Crippen molar-refractivity contribution in [3.05, 3.63) is 53.6 Å². The van der Waals surface area contributed by atoms with Gasteiger partial charge in [0.05, 0.1) is 13.2 Å². The summed E-state index contributed by atoms with van der Waals surface area (Å²) in [5.74, 6) is -1.92. The lowest BCUT2D eigenvalue weighted by molar-refractivity contribution is -0.277. The van der Waals surface area contributed by atoms with Crippen LogP contribution in [0.3, 0.4) is 0 Å². The Bertz CT molecular complexity index is 1170. The molecule has 2 aliphatic rings. The summed E-state index contributed by atoms with van der Waals surface area (Å²) in [7, 11) is 0. The molecular formula is C26H32O15. The standard InChI is InChI=1S/C26H32O15/c27-8-15-17(30)19(32)21(34)25(39-15)38-14-7-2-1-4-11(14)10-37-24(36)12-5-3-6-13(29)23(12)41-26-22(35)20(33)18(31)16(9-28)40-26/h1-7,15-22,25-35H,8-10H2/t15-,16-,17-,18-,19+,20+,21-,22-,25-,26+/m1/s1. The lowest BCUT2D eigenvalue weighted by Crippen LogP contribution is -2.60. The van der Waals surface area contributed by atoms with Crippen LogP contribution in [-0.4, -0.2) is 127 Å². The molecule has 0 saturated carbocycles. The fourth-order valence-electron chi connectivity index (χ4n) is 4.34. The summed E-state index contributed by atoms with van der Waals surface area (Å²) >= 11 is 0. The van der Waals surface area contributed by atoms with Crippen LogP contribution in [0.2, 0.25) is 0 Å². The number of aliphatic hydroxyl groups is 8. The quantitative estimate of drug-likeness (QED) is 0.134. The number of benzene rings is 2. The number of phenols is 1. The number of hydrogen-bond donors (Lipinski definition) is 9. The third kappa shape index (κ3) is 6.54. The van der Waals surface area contributed by atoms with Gasteiger partial charge in [0, 0.05) is 5.56 Å². The number of rotatable bonds is 9. The summed E-state index contributed by atoms with van der Waals surface area (Å²) in [4.78, 5) is 13.0. The first-order valence-electron chi connectivity index (χ1n) is 12.6. The molecule has 2 aromatic carbocycles. The Morgan fingerprint density at radius 2 is 1.27 bits per heavy atom. The molecular weight excluding hydrogens is 552 g/mol. The van der Waals surface area contributed by atoms with Crippen LogP contribution in [0.15, 0.2) is 42.5 Å². The lowest BCUT2D eigenvalue weighted by atomic mass is 9.99. The highest BCUT2D eigenvalue weighted by Crippen LogP contribution is 2.35. The number of phenolic OH excluding ortho intramolecular Hbond substituents is 1. The van der Waals surface area contributed by atoms with E-state index in [0.717, 1.165) is 0 Å². The van der Waals surface area contributed by atoms with Crippen LogP contribution in [0.4, 0.5) is 0 Å². The molecule has 10 atom stereocenters. The number of ether oxygens (including phenoxy) is 5. The molecule has 0 unspecified atom stereocenters. The molecule has 0 aromatic heterocycles. The predicted molar refractivity (Wildman–Crippen MR) is 132 cm³/mol. The van der Waals surface area contributed by atoms with Gasteiger partial charge >= 0.3 is 5.97 Å². The minimum Gasteiger partial charge on any atom is -0.504 e. The van der Waals surface area contributed by atoms with E-state index in [1.807, 2.05) is 0 Å². The third-order valence-corrected chi connectivity index (χ3v) is 6.72. The van der Waals surface area contributed by atoms with Crippen molar-refractivity contribution in [3.8, 4) is 17.2 Å². The van der Waals surface area contributed by atoms with Gasteiger partial charge in [-0.15, -0.1) is 0 Å². The van der Waals surface area contributed by atoms with E-state index in [4.69, 9.17) is 23.7 Å². The summed E-state index contributed by atoms with van der Waals surface area (Å²) in [6.07, 6.45) is -15.8. The van der Waals surface area contributed by atoms with E-state index < -0.39 is 98.7 Å². The smallest absolute Gasteiger partial charge is 0.342 e. The van der Waals surface area contributed by atoms with E-state index in [9.17, 15) is 50.8 Å². The number of esters is 1. The number of hydrogen-bond acceptors (Lipinski definition) is 15. The fourth-order valence-corrected chi connectivity index (χ4v) is 4.34. The fraction of sp³-hybridized carbons (Fsp3) is 0.500. The van der Waals surface area contributed by atoms with Gasteiger partial charge in [-0.05, 0) is 18.2 Å². The largest absolute Gasteiger partial charge is 0.504 e. The van der Waals surface area contributed by atoms with Crippen LogP contribution in [0.5, 0.6) is 17.2 Å². The second kappa shape index (κ2) is 13.3. The van der Waals surface area contributed by atoms with Gasteiger partial charge in [0.25, 0.3) is 0 Å². The van der Waals surface area contributed by atoms with E-state index in [1.165, 1.54) is 30.3 Å². The van der Waals surface area contributed by atoms with Gasteiger partial charge in [-0.1, -0.05) is 24.3 Å². The molecule has 2 heterocycles. The summed E-state index contributed by atoms with van der Waals surface area (Å²) < 4.78 is 27.2. The third-order valence-electron chi connectivity index (χ3n) is 6.72. The molecule has 2 aromatic rings. The van der Waals surface area contributed by atoms with Gasteiger partial charge in [0.15, 0.2) is 11.5 Å². The molecule has 15 nitrogen and oxygen atoms in total. The number of para-hydroxylation sites is 2. The van der Waals surface area contributed by atoms with Crippen molar-refractivity contribution >= 4 is 5.97 Å².